The zero-order valence-electron chi connectivity index (χ0n) is 17.4. The molecule has 164 valence electrons. The van der Waals surface area contributed by atoms with Crippen molar-refractivity contribution in [2.45, 2.75) is 52.2 Å². The summed E-state index contributed by atoms with van der Waals surface area (Å²) >= 11 is 0. The van der Waals surface area contributed by atoms with Crippen LogP contribution in [0.25, 0.3) is 0 Å². The van der Waals surface area contributed by atoms with Gasteiger partial charge < -0.3 is 21.1 Å². The van der Waals surface area contributed by atoms with E-state index in [1.165, 1.54) is 0 Å². The van der Waals surface area contributed by atoms with Crippen LogP contribution in [0.4, 0.5) is 0 Å². The lowest BCUT2D eigenvalue weighted by Gasteiger charge is -2.25. The minimum Gasteiger partial charge on any atom is -0.484 e. The van der Waals surface area contributed by atoms with E-state index in [4.69, 9.17) is 15.5 Å². The Balaban J connectivity index is 0.00000320. The fourth-order valence-corrected chi connectivity index (χ4v) is 3.20. The van der Waals surface area contributed by atoms with E-state index < -0.39 is 5.91 Å². The van der Waals surface area contributed by atoms with E-state index in [0.29, 0.717) is 12.3 Å². The Kier molecular flexibility index (Phi) is 9.34. The first-order valence-corrected chi connectivity index (χ1v) is 10.0. The van der Waals surface area contributed by atoms with Crippen LogP contribution in [-0.4, -0.2) is 45.8 Å². The number of halogens is 1. The Morgan fingerprint density at radius 1 is 1.40 bits per heavy atom. The summed E-state index contributed by atoms with van der Waals surface area (Å²) in [5.41, 5.74) is 6.11. The summed E-state index contributed by atoms with van der Waals surface area (Å²) < 4.78 is 7.36. The van der Waals surface area contributed by atoms with E-state index in [-0.39, 0.29) is 36.6 Å². The topological polar surface area (TPSA) is 119 Å². The minimum atomic E-state index is -0.499. The number of fused-ring (bicyclic) bond motifs is 1. The van der Waals surface area contributed by atoms with Crippen LogP contribution in [0.1, 0.15) is 37.5 Å². The Labute approximate surface area is 193 Å². The summed E-state index contributed by atoms with van der Waals surface area (Å²) in [5.74, 6) is 2.84. The molecule has 1 atom stereocenters. The van der Waals surface area contributed by atoms with Gasteiger partial charge in [-0.15, -0.1) is 24.0 Å². The molecule has 1 amide bonds. The van der Waals surface area contributed by atoms with Crippen LogP contribution in [0.5, 0.6) is 5.75 Å². The number of nitrogens with two attached hydrogens (primary N) is 1. The Bertz CT molecular complexity index is 869. The predicted octanol–water partition coefficient (Wildman–Crippen LogP) is 1.39. The average Bonchev–Trinajstić information content (AvgIpc) is 3.13. The molecule has 0 fully saturated rings. The van der Waals surface area contributed by atoms with Crippen molar-refractivity contribution in [2.75, 3.05) is 13.2 Å². The summed E-state index contributed by atoms with van der Waals surface area (Å²) in [4.78, 5) is 20.1. The Morgan fingerprint density at radius 3 is 2.97 bits per heavy atom. The molecule has 1 aliphatic rings. The number of nitrogens with zero attached hydrogens (tertiary/aromatic N) is 4. The quantitative estimate of drug-likeness (QED) is 0.271. The highest BCUT2D eigenvalue weighted by atomic mass is 127. The van der Waals surface area contributed by atoms with Gasteiger partial charge in [0.2, 0.25) is 0 Å². The second-order valence-corrected chi connectivity index (χ2v) is 6.96. The van der Waals surface area contributed by atoms with Gasteiger partial charge in [-0.1, -0.05) is 19.1 Å². The molecule has 4 N–H and O–H groups in total. The lowest BCUT2D eigenvalue weighted by atomic mass is 10.1. The van der Waals surface area contributed by atoms with Crippen molar-refractivity contribution in [2.24, 2.45) is 10.7 Å². The molecule has 0 aliphatic carbocycles. The zero-order chi connectivity index (χ0) is 20.6. The van der Waals surface area contributed by atoms with Crippen LogP contribution < -0.4 is 21.1 Å². The number of carbonyl (C=O) groups excluding carboxylic acids is 1. The Hall–Kier alpha value is -2.37. The number of primary amides is 1. The predicted molar refractivity (Wildman–Crippen MR) is 126 cm³/mol. The van der Waals surface area contributed by atoms with E-state index in [1.807, 2.05) is 29.8 Å². The maximum atomic E-state index is 10.9. The van der Waals surface area contributed by atoms with Crippen molar-refractivity contribution < 1.29 is 9.53 Å². The third-order valence-corrected chi connectivity index (χ3v) is 4.60. The molecule has 0 saturated carbocycles. The number of amides is 1. The number of guanidine groups is 1. The van der Waals surface area contributed by atoms with Crippen LogP contribution in [0.2, 0.25) is 0 Å². The van der Waals surface area contributed by atoms with Crippen LogP contribution in [-0.2, 0) is 30.7 Å². The van der Waals surface area contributed by atoms with Gasteiger partial charge in [0.25, 0.3) is 5.91 Å². The van der Waals surface area contributed by atoms with Gasteiger partial charge in [-0.2, -0.15) is 5.10 Å². The molecule has 1 aromatic heterocycles. The summed E-state index contributed by atoms with van der Waals surface area (Å²) in [6, 6.07) is 7.75. The summed E-state index contributed by atoms with van der Waals surface area (Å²) in [7, 11) is 0. The molecule has 0 spiro atoms. The molecule has 10 heteroatoms. The van der Waals surface area contributed by atoms with Crippen LogP contribution >= 0.6 is 24.0 Å². The monoisotopic (exact) mass is 527 g/mol. The number of aliphatic imine (C=N–C) groups is 1. The number of rotatable bonds is 8. The van der Waals surface area contributed by atoms with Gasteiger partial charge in [0.1, 0.15) is 11.6 Å². The van der Waals surface area contributed by atoms with Crippen LogP contribution in [0, 0.1) is 0 Å². The number of hydrogen-bond acceptors (Lipinski definition) is 5. The van der Waals surface area contributed by atoms with E-state index >= 15 is 0 Å². The molecule has 0 saturated heterocycles. The molecule has 1 aliphatic heterocycles. The first-order chi connectivity index (χ1) is 14.1. The van der Waals surface area contributed by atoms with Gasteiger partial charge >= 0.3 is 0 Å². The highest BCUT2D eigenvalue weighted by Gasteiger charge is 2.22. The van der Waals surface area contributed by atoms with Gasteiger partial charge in [-0.3, -0.25) is 4.79 Å². The molecule has 2 aromatic rings. The minimum absolute atomic E-state index is 0. The summed E-state index contributed by atoms with van der Waals surface area (Å²) in [6.07, 6.45) is 2.75. The van der Waals surface area contributed by atoms with E-state index in [1.54, 1.807) is 6.07 Å². The second-order valence-electron chi connectivity index (χ2n) is 6.96. The van der Waals surface area contributed by atoms with Crippen molar-refractivity contribution >= 4 is 35.8 Å². The fourth-order valence-electron chi connectivity index (χ4n) is 3.20. The first kappa shape index (κ1) is 23.9. The maximum Gasteiger partial charge on any atom is 0.255 e. The maximum absolute atomic E-state index is 10.9. The second kappa shape index (κ2) is 11.7. The number of benzene rings is 1. The highest BCUT2D eigenvalue weighted by Crippen LogP contribution is 2.15. The smallest absolute Gasteiger partial charge is 0.255 e. The standard InChI is InChI=1S/C20H29N7O2.HI/c1-3-18-25-19-9-8-15(12-27(19)26-18)24-20(22-4-2)23-11-14-6-5-7-16(10-14)29-13-17(21)28;/h5-7,10,15H,3-4,8-9,11-13H2,1-2H3,(H2,21,28)(H2,22,23,24);1H. The lowest BCUT2D eigenvalue weighted by Crippen LogP contribution is -2.47. The van der Waals surface area contributed by atoms with Crippen molar-refractivity contribution in [3.05, 3.63) is 41.5 Å². The molecule has 0 bridgehead atoms. The molecule has 2 heterocycles. The SMILES string of the molecule is CCNC(=NCc1cccc(OCC(N)=O)c1)NC1CCc2nc(CC)nn2C1.I. The molecule has 1 aromatic carbocycles. The normalized spacial score (nSPS) is 15.7. The first-order valence-electron chi connectivity index (χ1n) is 10.0. The van der Waals surface area contributed by atoms with Gasteiger partial charge in [-0.05, 0) is 31.0 Å². The van der Waals surface area contributed by atoms with Crippen LogP contribution in [0.15, 0.2) is 29.3 Å². The molecule has 30 heavy (non-hydrogen) atoms. The number of aryl methyl sites for hydroxylation is 2. The van der Waals surface area contributed by atoms with E-state index in [0.717, 1.165) is 55.5 Å². The number of nitrogens with one attached hydrogen (secondary N) is 2. The third kappa shape index (κ3) is 6.85. The lowest BCUT2D eigenvalue weighted by molar-refractivity contribution is -0.119. The third-order valence-electron chi connectivity index (χ3n) is 4.60. The number of carbonyl (C=O) groups is 1. The fraction of sp³-hybridized carbons (Fsp3) is 0.500. The molecule has 1 unspecified atom stereocenters. The van der Waals surface area contributed by atoms with Crippen molar-refractivity contribution in [1.82, 2.24) is 25.4 Å². The molecule has 3 rings (SSSR count). The van der Waals surface area contributed by atoms with E-state index in [9.17, 15) is 4.79 Å². The zero-order valence-corrected chi connectivity index (χ0v) is 19.8. The highest BCUT2D eigenvalue weighted by molar-refractivity contribution is 14.0. The largest absolute Gasteiger partial charge is 0.484 e. The molecular formula is C20H30IN7O2. The van der Waals surface area contributed by atoms with Gasteiger partial charge in [0.05, 0.1) is 13.1 Å². The van der Waals surface area contributed by atoms with E-state index in [2.05, 4.69) is 27.6 Å². The van der Waals surface area contributed by atoms with Crippen LogP contribution in [0.3, 0.4) is 0 Å². The summed E-state index contributed by atoms with van der Waals surface area (Å²) in [5, 5.41) is 11.4. The summed E-state index contributed by atoms with van der Waals surface area (Å²) in [6.45, 7) is 6.02. The van der Waals surface area contributed by atoms with Crippen molar-refractivity contribution in [1.29, 1.82) is 0 Å². The molecular weight excluding hydrogens is 497 g/mol. The van der Waals surface area contributed by atoms with Gasteiger partial charge in [0, 0.05) is 25.4 Å². The molecule has 0 radical (unpaired) electrons. The van der Waals surface area contributed by atoms with Gasteiger partial charge in [0.15, 0.2) is 18.4 Å². The number of aromatic nitrogens is 3. The van der Waals surface area contributed by atoms with Gasteiger partial charge in [-0.25, -0.2) is 14.7 Å². The average molecular weight is 527 g/mol. The molecule has 9 nitrogen and oxygen atoms in total. The number of ether oxygens (including phenoxy) is 1. The van der Waals surface area contributed by atoms with Crippen molar-refractivity contribution in [3.8, 4) is 5.75 Å². The number of hydrogen-bond donors (Lipinski definition) is 3. The van der Waals surface area contributed by atoms with Crippen molar-refractivity contribution in [3.63, 3.8) is 0 Å². The Morgan fingerprint density at radius 2 is 2.23 bits per heavy atom.